The van der Waals surface area contributed by atoms with Gasteiger partial charge in [0.1, 0.15) is 23.9 Å². The van der Waals surface area contributed by atoms with Crippen LogP contribution in [0.15, 0.2) is 60.7 Å². The Bertz CT molecular complexity index is 1550. The molecule has 4 aromatic rings. The van der Waals surface area contributed by atoms with Gasteiger partial charge in [0, 0.05) is 28.6 Å². The molecule has 0 bridgehead atoms. The second-order valence-electron chi connectivity index (χ2n) is 8.58. The van der Waals surface area contributed by atoms with Gasteiger partial charge in [-0.3, -0.25) is 4.79 Å². The minimum absolute atomic E-state index is 0.0382. The molecule has 39 heavy (non-hydrogen) atoms. The number of esters is 1. The van der Waals surface area contributed by atoms with Gasteiger partial charge in [-0.2, -0.15) is 13.2 Å². The molecule has 0 saturated carbocycles. The highest BCUT2D eigenvalue weighted by Gasteiger charge is 2.38. The molecule has 0 unspecified atom stereocenters. The fourth-order valence-corrected chi connectivity index (χ4v) is 4.35. The number of hydrogen-bond donors (Lipinski definition) is 2. The number of halogens is 4. The fraction of sp³-hybridized carbons (Fsp3) is 0.214. The number of carboxylic acid groups (broad SMARTS) is 1. The lowest BCUT2D eigenvalue weighted by Crippen LogP contribution is -2.18. The summed E-state index contributed by atoms with van der Waals surface area (Å²) in [5.74, 6) is -0.865. The van der Waals surface area contributed by atoms with Gasteiger partial charge in [0.2, 0.25) is 0 Å². The van der Waals surface area contributed by atoms with Crippen molar-refractivity contribution in [1.82, 2.24) is 4.57 Å². The van der Waals surface area contributed by atoms with Gasteiger partial charge in [-0.05, 0) is 42.3 Å². The molecule has 0 aliphatic rings. The Balaban J connectivity index is 1.86. The third kappa shape index (κ3) is 5.73. The van der Waals surface area contributed by atoms with Crippen LogP contribution in [0.2, 0.25) is 0 Å². The van der Waals surface area contributed by atoms with Crippen LogP contribution in [-0.4, -0.2) is 28.3 Å². The molecule has 3 aromatic carbocycles. The van der Waals surface area contributed by atoms with Gasteiger partial charge < -0.3 is 20.3 Å². The average molecular weight is 545 g/mol. The second kappa shape index (κ2) is 11.2. The number of nitrogens with zero attached hydrogens (tertiary/aromatic N) is 1. The molecule has 0 atom stereocenters. The number of nitrogens with two attached hydrogens (primary N) is 1. The van der Waals surface area contributed by atoms with Crippen LogP contribution < -0.4 is 10.5 Å². The molecule has 0 amide bonds. The van der Waals surface area contributed by atoms with Crippen molar-refractivity contribution in [2.24, 2.45) is 5.73 Å². The van der Waals surface area contributed by atoms with Crippen LogP contribution in [0.25, 0.3) is 22.0 Å². The molecule has 1 heterocycles. The maximum Gasteiger partial charge on any atom is 0.432 e. The van der Waals surface area contributed by atoms with E-state index in [0.717, 1.165) is 0 Å². The lowest BCUT2D eigenvalue weighted by molar-refractivity contribution is -0.143. The zero-order chi connectivity index (χ0) is 28.3. The molecule has 0 aliphatic heterocycles. The summed E-state index contributed by atoms with van der Waals surface area (Å²) >= 11 is 0. The first-order chi connectivity index (χ1) is 18.5. The Hall–Kier alpha value is -4.38. The van der Waals surface area contributed by atoms with Crippen molar-refractivity contribution in [3.05, 3.63) is 88.9 Å². The lowest BCUT2D eigenvalue weighted by atomic mass is 9.96. The summed E-state index contributed by atoms with van der Waals surface area (Å²) < 4.78 is 67.8. The first-order valence-electron chi connectivity index (χ1n) is 11.9. The van der Waals surface area contributed by atoms with Gasteiger partial charge in [-0.15, -0.1) is 0 Å². The largest absolute Gasteiger partial charge is 0.489 e. The van der Waals surface area contributed by atoms with E-state index in [4.69, 9.17) is 15.2 Å². The van der Waals surface area contributed by atoms with Crippen molar-refractivity contribution in [2.75, 3.05) is 6.61 Å². The van der Waals surface area contributed by atoms with Crippen molar-refractivity contribution in [2.45, 2.75) is 32.7 Å². The summed E-state index contributed by atoms with van der Waals surface area (Å²) in [6.07, 6.45) is -6.91. The van der Waals surface area contributed by atoms with Crippen LogP contribution in [0.3, 0.4) is 0 Å². The van der Waals surface area contributed by atoms with E-state index in [9.17, 15) is 27.9 Å². The summed E-state index contributed by atoms with van der Waals surface area (Å²) in [7, 11) is 0. The highest BCUT2D eigenvalue weighted by Crippen LogP contribution is 2.40. The molecule has 0 spiro atoms. The number of hydrogen-bond acceptors (Lipinski definition) is 5. The fourth-order valence-electron chi connectivity index (χ4n) is 4.35. The third-order valence-electron chi connectivity index (χ3n) is 6.06. The van der Waals surface area contributed by atoms with E-state index in [1.807, 2.05) is 0 Å². The standard InChI is InChI=1S/C28H24F4N2O5/c1-2-38-25(35)12-17-6-3-4-9-23(17)39-15-16-10-20(19-8-5-7-18(14-33)26(19)29)21-13-24(28(30,31)32)34(27(36)37)22(21)11-16/h3-11,13H,2,12,14-15,33H2,1H3,(H,36,37). The molecule has 0 fully saturated rings. The Morgan fingerprint density at radius 3 is 2.38 bits per heavy atom. The van der Waals surface area contributed by atoms with Crippen LogP contribution in [0.1, 0.15) is 29.3 Å². The summed E-state index contributed by atoms with van der Waals surface area (Å²) in [6.45, 7) is 1.52. The summed E-state index contributed by atoms with van der Waals surface area (Å²) in [5, 5.41) is 9.57. The predicted octanol–water partition coefficient (Wildman–Crippen LogP) is 6.14. The zero-order valence-corrected chi connectivity index (χ0v) is 20.7. The third-order valence-corrected chi connectivity index (χ3v) is 6.06. The number of benzene rings is 3. The van der Waals surface area contributed by atoms with E-state index in [-0.39, 0.29) is 63.9 Å². The van der Waals surface area contributed by atoms with Gasteiger partial charge in [-0.25, -0.2) is 13.8 Å². The second-order valence-corrected chi connectivity index (χ2v) is 8.58. The molecule has 11 heteroatoms. The molecule has 0 aliphatic carbocycles. The first-order valence-corrected chi connectivity index (χ1v) is 11.9. The average Bonchev–Trinajstić information content (AvgIpc) is 3.29. The highest BCUT2D eigenvalue weighted by atomic mass is 19.4. The Morgan fingerprint density at radius 2 is 1.72 bits per heavy atom. The quantitative estimate of drug-likeness (QED) is 0.204. The predicted molar refractivity (Wildman–Crippen MR) is 135 cm³/mol. The van der Waals surface area contributed by atoms with Gasteiger partial charge in [0.15, 0.2) is 0 Å². The normalized spacial score (nSPS) is 11.5. The van der Waals surface area contributed by atoms with Crippen LogP contribution in [0.4, 0.5) is 22.4 Å². The first kappa shape index (κ1) is 27.6. The Kier molecular flexibility index (Phi) is 7.91. The van der Waals surface area contributed by atoms with Crippen LogP contribution in [0.5, 0.6) is 5.75 Å². The number of fused-ring (bicyclic) bond motifs is 1. The minimum atomic E-state index is -4.99. The number of carbonyl (C=O) groups is 2. The van der Waals surface area contributed by atoms with E-state index in [1.165, 1.54) is 30.3 Å². The molecule has 1 aromatic heterocycles. The van der Waals surface area contributed by atoms with Crippen molar-refractivity contribution in [3.8, 4) is 16.9 Å². The topological polar surface area (TPSA) is 104 Å². The van der Waals surface area contributed by atoms with Crippen LogP contribution >= 0.6 is 0 Å². The number of ether oxygens (including phenoxy) is 2. The summed E-state index contributed by atoms with van der Waals surface area (Å²) in [5.41, 5.74) is 4.86. The molecular weight excluding hydrogens is 520 g/mol. The number of carbonyl (C=O) groups excluding carboxylic acids is 1. The van der Waals surface area contributed by atoms with Gasteiger partial charge in [-0.1, -0.05) is 36.4 Å². The number of rotatable bonds is 8. The molecule has 204 valence electrons. The van der Waals surface area contributed by atoms with E-state index in [0.29, 0.717) is 17.4 Å². The monoisotopic (exact) mass is 544 g/mol. The molecule has 3 N–H and O–H groups in total. The Morgan fingerprint density at radius 1 is 1.00 bits per heavy atom. The molecule has 7 nitrogen and oxygen atoms in total. The van der Waals surface area contributed by atoms with Crippen LogP contribution in [-0.2, 0) is 35.3 Å². The van der Waals surface area contributed by atoms with E-state index >= 15 is 4.39 Å². The minimum Gasteiger partial charge on any atom is -0.489 e. The Labute approximate surface area is 220 Å². The number of alkyl halides is 3. The highest BCUT2D eigenvalue weighted by molar-refractivity contribution is 6.00. The molecule has 0 saturated heterocycles. The number of para-hydroxylation sites is 1. The molecular formula is C28H24F4N2O5. The van der Waals surface area contributed by atoms with Crippen LogP contribution in [0, 0.1) is 5.82 Å². The maximum atomic E-state index is 15.3. The lowest BCUT2D eigenvalue weighted by Gasteiger charge is -2.14. The maximum absolute atomic E-state index is 15.3. The van der Waals surface area contributed by atoms with Crippen molar-refractivity contribution >= 4 is 23.0 Å². The summed E-state index contributed by atoms with van der Waals surface area (Å²) in [4.78, 5) is 23.9. The summed E-state index contributed by atoms with van der Waals surface area (Å²) in [6, 6.07) is 14.4. The van der Waals surface area contributed by atoms with Crippen molar-refractivity contribution in [1.29, 1.82) is 0 Å². The van der Waals surface area contributed by atoms with E-state index < -0.39 is 29.7 Å². The van der Waals surface area contributed by atoms with Gasteiger partial charge >= 0.3 is 18.2 Å². The molecule has 0 radical (unpaired) electrons. The van der Waals surface area contributed by atoms with Crippen molar-refractivity contribution in [3.63, 3.8) is 0 Å². The van der Waals surface area contributed by atoms with Crippen molar-refractivity contribution < 1.29 is 41.7 Å². The SMILES string of the molecule is CCOC(=O)Cc1ccccc1OCc1cc(-c2cccc(CN)c2F)c2cc(C(F)(F)F)n(C(=O)O)c2c1. The van der Waals surface area contributed by atoms with Gasteiger partial charge in [0.25, 0.3) is 0 Å². The van der Waals surface area contributed by atoms with E-state index in [2.05, 4.69) is 0 Å². The molecule has 4 rings (SSSR count). The number of aromatic nitrogens is 1. The smallest absolute Gasteiger partial charge is 0.432 e. The van der Waals surface area contributed by atoms with E-state index in [1.54, 1.807) is 31.2 Å². The van der Waals surface area contributed by atoms with Gasteiger partial charge in [0.05, 0.1) is 18.5 Å². The zero-order valence-electron chi connectivity index (χ0n) is 20.7.